The number of hydrogen-bond donors (Lipinski definition) is 1. The van der Waals surface area contributed by atoms with Gasteiger partial charge in [-0.05, 0) is 30.2 Å². The monoisotopic (exact) mass is 261 g/mol. The topological polar surface area (TPSA) is 72.6 Å². The van der Waals surface area contributed by atoms with Crippen LogP contribution >= 0.6 is 0 Å². The number of hydrogen-bond acceptors (Lipinski definition) is 4. The van der Waals surface area contributed by atoms with Crippen molar-refractivity contribution in [1.82, 2.24) is 4.98 Å². The Balaban J connectivity index is 2.10. The minimum absolute atomic E-state index is 0.102. The van der Waals surface area contributed by atoms with Gasteiger partial charge in [0.25, 0.3) is 0 Å². The lowest BCUT2D eigenvalue weighted by molar-refractivity contribution is 0.0690. The van der Waals surface area contributed by atoms with Crippen molar-refractivity contribution in [2.24, 2.45) is 5.92 Å². The third kappa shape index (κ3) is 3.34. The first-order valence-corrected chi connectivity index (χ1v) is 5.98. The summed E-state index contributed by atoms with van der Waals surface area (Å²) in [4.78, 5) is 14.6. The Morgan fingerprint density at radius 3 is 2.58 bits per heavy atom. The molecule has 0 radical (unpaired) electrons. The molecule has 0 atom stereocenters. The summed E-state index contributed by atoms with van der Waals surface area (Å²) in [6.07, 6.45) is 1.13. The molecule has 1 N–H and O–H groups in total. The van der Waals surface area contributed by atoms with Gasteiger partial charge in [-0.2, -0.15) is 0 Å². The van der Waals surface area contributed by atoms with E-state index in [2.05, 4.69) is 18.8 Å². The van der Waals surface area contributed by atoms with Gasteiger partial charge < -0.3 is 14.3 Å². The fourth-order valence-electron chi connectivity index (χ4n) is 1.46. The minimum Gasteiger partial charge on any atom is -0.493 e. The van der Waals surface area contributed by atoms with Crippen LogP contribution in [0, 0.1) is 5.92 Å². The van der Waals surface area contributed by atoms with Gasteiger partial charge >= 0.3 is 5.97 Å². The van der Waals surface area contributed by atoms with Crippen molar-refractivity contribution in [3.8, 4) is 17.2 Å². The van der Waals surface area contributed by atoms with E-state index in [0.717, 1.165) is 12.0 Å². The molecule has 2 aromatic rings. The zero-order valence-electron chi connectivity index (χ0n) is 10.8. The van der Waals surface area contributed by atoms with Crippen molar-refractivity contribution in [2.75, 3.05) is 6.61 Å². The molecule has 5 nitrogen and oxygen atoms in total. The number of aromatic nitrogens is 1. The molecule has 0 aliphatic carbocycles. The van der Waals surface area contributed by atoms with Gasteiger partial charge in [0.05, 0.1) is 6.61 Å². The highest BCUT2D eigenvalue weighted by Gasteiger charge is 2.11. The maximum Gasteiger partial charge on any atom is 0.357 e. The van der Waals surface area contributed by atoms with Crippen LogP contribution in [0.1, 0.15) is 24.3 Å². The highest BCUT2D eigenvalue weighted by molar-refractivity contribution is 5.85. The first-order valence-electron chi connectivity index (χ1n) is 5.98. The minimum atomic E-state index is -1.10. The van der Waals surface area contributed by atoms with Gasteiger partial charge in [0.1, 0.15) is 12.0 Å². The molecular weight excluding hydrogens is 246 g/mol. The van der Waals surface area contributed by atoms with E-state index in [9.17, 15) is 4.79 Å². The molecule has 1 aromatic carbocycles. The average Bonchev–Trinajstić information content (AvgIpc) is 2.86. The molecule has 1 aromatic heterocycles. The first kappa shape index (κ1) is 13.1. The molecule has 2 rings (SSSR count). The van der Waals surface area contributed by atoms with Gasteiger partial charge in [-0.15, -0.1) is 0 Å². The first-order chi connectivity index (χ1) is 9.06. The van der Waals surface area contributed by atoms with E-state index in [1.54, 1.807) is 12.1 Å². The number of carboxylic acid groups (broad SMARTS) is 1. The van der Waals surface area contributed by atoms with Crippen molar-refractivity contribution in [2.45, 2.75) is 13.8 Å². The number of carboxylic acids is 1. The van der Waals surface area contributed by atoms with Crippen molar-refractivity contribution in [3.05, 3.63) is 36.2 Å². The van der Waals surface area contributed by atoms with Gasteiger partial charge in [-0.3, -0.25) is 0 Å². The smallest absolute Gasteiger partial charge is 0.357 e. The summed E-state index contributed by atoms with van der Waals surface area (Å²) >= 11 is 0. The molecule has 19 heavy (non-hydrogen) atoms. The fourth-order valence-corrected chi connectivity index (χ4v) is 1.46. The van der Waals surface area contributed by atoms with E-state index in [1.807, 2.05) is 12.1 Å². The molecule has 0 bridgehead atoms. The van der Waals surface area contributed by atoms with E-state index in [-0.39, 0.29) is 11.6 Å². The van der Waals surface area contributed by atoms with Crippen molar-refractivity contribution >= 4 is 5.97 Å². The maximum absolute atomic E-state index is 10.7. The molecular formula is C14H15NO4. The molecule has 0 aliphatic rings. The third-order valence-electron chi connectivity index (χ3n) is 2.41. The molecule has 1 heterocycles. The average molecular weight is 261 g/mol. The lowest BCUT2D eigenvalue weighted by Gasteiger charge is -2.08. The number of carbonyl (C=O) groups is 1. The molecule has 0 unspecified atom stereocenters. The molecule has 100 valence electrons. The Bertz CT molecular complexity index is 557. The molecule has 0 saturated carbocycles. The van der Waals surface area contributed by atoms with E-state index in [1.165, 1.54) is 0 Å². The highest BCUT2D eigenvalue weighted by atomic mass is 16.5. The lowest BCUT2D eigenvalue weighted by atomic mass is 10.2. The third-order valence-corrected chi connectivity index (χ3v) is 2.41. The second-order valence-electron chi connectivity index (χ2n) is 4.57. The number of nitrogens with zero attached hydrogens (tertiary/aromatic N) is 1. The molecule has 0 aliphatic heterocycles. The summed E-state index contributed by atoms with van der Waals surface area (Å²) in [6.45, 7) is 4.81. The van der Waals surface area contributed by atoms with Crippen LogP contribution in [0.25, 0.3) is 11.5 Å². The van der Waals surface area contributed by atoms with E-state index in [0.29, 0.717) is 18.1 Å². The van der Waals surface area contributed by atoms with Crippen LogP contribution in [-0.2, 0) is 0 Å². The Hall–Kier alpha value is -2.30. The number of ether oxygens (including phenoxy) is 1. The summed E-state index contributed by atoms with van der Waals surface area (Å²) in [5.74, 6) is 0.409. The Morgan fingerprint density at radius 2 is 2.05 bits per heavy atom. The van der Waals surface area contributed by atoms with Crippen LogP contribution in [0.3, 0.4) is 0 Å². The molecule has 0 amide bonds. The van der Waals surface area contributed by atoms with Crippen molar-refractivity contribution < 1.29 is 19.1 Å². The summed E-state index contributed by atoms with van der Waals surface area (Å²) in [6, 6.07) is 7.19. The van der Waals surface area contributed by atoms with Gasteiger partial charge in [0.2, 0.25) is 5.89 Å². The Kier molecular flexibility index (Phi) is 3.85. The number of aromatic carboxylic acids is 1. The standard InChI is InChI=1S/C14H15NO4/c1-9(2)7-18-11-5-3-10(4-6-11)13-15-12(8-19-13)14(16)17/h3-6,8-9H,7H2,1-2H3,(H,16,17). The Morgan fingerprint density at radius 1 is 1.37 bits per heavy atom. The molecule has 0 saturated heterocycles. The summed E-state index contributed by atoms with van der Waals surface area (Å²) in [5.41, 5.74) is 0.611. The largest absolute Gasteiger partial charge is 0.493 e. The Labute approximate surface area is 110 Å². The predicted octanol–water partition coefficient (Wildman–Crippen LogP) is 3.07. The van der Waals surface area contributed by atoms with Gasteiger partial charge in [0, 0.05) is 5.56 Å². The molecule has 5 heteroatoms. The highest BCUT2D eigenvalue weighted by Crippen LogP contribution is 2.22. The van der Waals surface area contributed by atoms with Crippen LogP contribution in [0.2, 0.25) is 0 Å². The summed E-state index contributed by atoms with van der Waals surface area (Å²) in [5, 5.41) is 8.77. The van der Waals surface area contributed by atoms with Gasteiger partial charge in [-0.1, -0.05) is 13.8 Å². The van der Waals surface area contributed by atoms with Crippen molar-refractivity contribution in [1.29, 1.82) is 0 Å². The molecule has 0 spiro atoms. The van der Waals surface area contributed by atoms with Crippen LogP contribution in [0.4, 0.5) is 0 Å². The van der Waals surface area contributed by atoms with Crippen LogP contribution in [-0.4, -0.2) is 22.7 Å². The SMILES string of the molecule is CC(C)COc1ccc(-c2nc(C(=O)O)co2)cc1. The summed E-state index contributed by atoms with van der Waals surface area (Å²) in [7, 11) is 0. The molecule has 0 fully saturated rings. The maximum atomic E-state index is 10.7. The number of benzene rings is 1. The van der Waals surface area contributed by atoms with E-state index in [4.69, 9.17) is 14.3 Å². The van der Waals surface area contributed by atoms with Crippen LogP contribution in [0.5, 0.6) is 5.75 Å². The van der Waals surface area contributed by atoms with E-state index < -0.39 is 5.97 Å². The van der Waals surface area contributed by atoms with Crippen LogP contribution < -0.4 is 4.74 Å². The zero-order valence-corrected chi connectivity index (χ0v) is 10.8. The van der Waals surface area contributed by atoms with Crippen molar-refractivity contribution in [3.63, 3.8) is 0 Å². The second kappa shape index (κ2) is 5.56. The van der Waals surface area contributed by atoms with Crippen LogP contribution in [0.15, 0.2) is 34.9 Å². The second-order valence-corrected chi connectivity index (χ2v) is 4.57. The zero-order chi connectivity index (χ0) is 13.8. The van der Waals surface area contributed by atoms with E-state index >= 15 is 0 Å². The number of oxazole rings is 1. The fraction of sp³-hybridized carbons (Fsp3) is 0.286. The van der Waals surface area contributed by atoms with Gasteiger partial charge in [-0.25, -0.2) is 9.78 Å². The lowest BCUT2D eigenvalue weighted by Crippen LogP contribution is -2.04. The predicted molar refractivity (Wildman–Crippen MR) is 69.2 cm³/mol. The normalized spacial score (nSPS) is 10.7. The number of rotatable bonds is 5. The quantitative estimate of drug-likeness (QED) is 0.895. The summed E-state index contributed by atoms with van der Waals surface area (Å²) < 4.78 is 10.7. The van der Waals surface area contributed by atoms with Gasteiger partial charge in [0.15, 0.2) is 5.69 Å².